The molecule has 0 aliphatic carbocycles. The van der Waals surface area contributed by atoms with Gasteiger partial charge < -0.3 is 14.2 Å². The SMILES string of the molecule is CN1CCN(C(=O)[C@@H]2CCCCO2)C[C@H]1c1nccn1C. The van der Waals surface area contributed by atoms with Gasteiger partial charge in [-0.25, -0.2) is 4.98 Å². The van der Waals surface area contributed by atoms with E-state index in [0.717, 1.165) is 38.2 Å². The first kappa shape index (κ1) is 14.5. The van der Waals surface area contributed by atoms with Crippen LogP contribution >= 0.6 is 0 Å². The molecule has 2 saturated heterocycles. The van der Waals surface area contributed by atoms with Gasteiger partial charge in [-0.3, -0.25) is 9.69 Å². The Morgan fingerprint density at radius 1 is 1.33 bits per heavy atom. The Morgan fingerprint density at radius 2 is 2.19 bits per heavy atom. The zero-order valence-electron chi connectivity index (χ0n) is 12.9. The molecular weight excluding hydrogens is 268 g/mol. The Morgan fingerprint density at radius 3 is 2.86 bits per heavy atom. The maximum atomic E-state index is 12.6. The quantitative estimate of drug-likeness (QED) is 0.809. The van der Waals surface area contributed by atoms with Crippen LogP contribution in [0, 0.1) is 0 Å². The van der Waals surface area contributed by atoms with Crippen molar-refractivity contribution in [3.63, 3.8) is 0 Å². The molecule has 116 valence electrons. The topological polar surface area (TPSA) is 50.6 Å². The number of nitrogens with zero attached hydrogens (tertiary/aromatic N) is 4. The van der Waals surface area contributed by atoms with Crippen LogP contribution < -0.4 is 0 Å². The van der Waals surface area contributed by atoms with E-state index in [9.17, 15) is 4.79 Å². The van der Waals surface area contributed by atoms with Crippen LogP contribution in [0.15, 0.2) is 12.4 Å². The standard InChI is InChI=1S/C15H24N4O2/c1-17-8-9-19(15(20)13-5-3-4-10-21-13)11-12(17)14-16-6-7-18(14)2/h6-7,12-13H,3-5,8-11H2,1-2H3/t12-,13-/m0/s1. The molecule has 1 aromatic heterocycles. The minimum Gasteiger partial charge on any atom is -0.368 e. The number of carbonyl (C=O) groups is 1. The van der Waals surface area contributed by atoms with E-state index in [0.29, 0.717) is 13.2 Å². The number of aryl methyl sites for hydroxylation is 1. The van der Waals surface area contributed by atoms with E-state index in [1.54, 1.807) is 0 Å². The maximum Gasteiger partial charge on any atom is 0.251 e. The third kappa shape index (κ3) is 2.96. The molecule has 2 aliphatic rings. The predicted molar refractivity (Wildman–Crippen MR) is 78.8 cm³/mol. The van der Waals surface area contributed by atoms with E-state index in [1.807, 2.05) is 28.9 Å². The predicted octanol–water partition coefficient (Wildman–Crippen LogP) is 0.804. The molecule has 0 unspecified atom stereocenters. The summed E-state index contributed by atoms with van der Waals surface area (Å²) in [7, 11) is 4.10. The van der Waals surface area contributed by atoms with E-state index in [1.165, 1.54) is 0 Å². The molecule has 1 aromatic rings. The van der Waals surface area contributed by atoms with E-state index in [4.69, 9.17) is 4.74 Å². The molecule has 2 aliphatic heterocycles. The fourth-order valence-electron chi connectivity index (χ4n) is 3.19. The number of rotatable bonds is 2. The van der Waals surface area contributed by atoms with Crippen molar-refractivity contribution in [2.75, 3.05) is 33.3 Å². The lowest BCUT2D eigenvalue weighted by molar-refractivity contribution is -0.149. The number of hydrogen-bond donors (Lipinski definition) is 0. The van der Waals surface area contributed by atoms with Crippen LogP contribution in [-0.2, 0) is 16.6 Å². The van der Waals surface area contributed by atoms with Gasteiger partial charge in [-0.15, -0.1) is 0 Å². The smallest absolute Gasteiger partial charge is 0.251 e. The van der Waals surface area contributed by atoms with Crippen LogP contribution in [-0.4, -0.2) is 64.7 Å². The van der Waals surface area contributed by atoms with Gasteiger partial charge in [-0.2, -0.15) is 0 Å². The highest BCUT2D eigenvalue weighted by Crippen LogP contribution is 2.24. The Bertz CT molecular complexity index is 496. The summed E-state index contributed by atoms with van der Waals surface area (Å²) in [6.45, 7) is 3.05. The highest BCUT2D eigenvalue weighted by Gasteiger charge is 2.34. The van der Waals surface area contributed by atoms with Crippen molar-refractivity contribution in [3.05, 3.63) is 18.2 Å². The number of hydrogen-bond acceptors (Lipinski definition) is 4. The molecule has 2 fully saturated rings. The fraction of sp³-hybridized carbons (Fsp3) is 0.733. The average Bonchev–Trinajstić information content (AvgIpc) is 2.94. The monoisotopic (exact) mass is 292 g/mol. The third-order valence-electron chi connectivity index (χ3n) is 4.57. The van der Waals surface area contributed by atoms with Gasteiger partial charge in [0.05, 0.1) is 6.04 Å². The van der Waals surface area contributed by atoms with Gasteiger partial charge in [0.1, 0.15) is 11.9 Å². The third-order valence-corrected chi connectivity index (χ3v) is 4.57. The summed E-state index contributed by atoms with van der Waals surface area (Å²) in [6, 6.07) is 0.159. The van der Waals surface area contributed by atoms with Crippen molar-refractivity contribution < 1.29 is 9.53 Å². The summed E-state index contributed by atoms with van der Waals surface area (Å²) in [5, 5.41) is 0. The van der Waals surface area contributed by atoms with E-state index in [2.05, 4.69) is 16.9 Å². The van der Waals surface area contributed by atoms with Crippen molar-refractivity contribution in [3.8, 4) is 0 Å². The second kappa shape index (κ2) is 6.15. The molecule has 0 bridgehead atoms. The van der Waals surface area contributed by atoms with Crippen LogP contribution in [0.3, 0.4) is 0 Å². The van der Waals surface area contributed by atoms with Gasteiger partial charge in [0, 0.05) is 45.7 Å². The fourth-order valence-corrected chi connectivity index (χ4v) is 3.19. The highest BCUT2D eigenvalue weighted by molar-refractivity contribution is 5.81. The van der Waals surface area contributed by atoms with Crippen LogP contribution in [0.2, 0.25) is 0 Å². The summed E-state index contributed by atoms with van der Waals surface area (Å²) in [5.41, 5.74) is 0. The molecule has 21 heavy (non-hydrogen) atoms. The summed E-state index contributed by atoms with van der Waals surface area (Å²) < 4.78 is 7.68. The number of carbonyl (C=O) groups excluding carboxylic acids is 1. The summed E-state index contributed by atoms with van der Waals surface area (Å²) in [6.07, 6.45) is 6.56. The second-order valence-corrected chi connectivity index (χ2v) is 6.03. The van der Waals surface area contributed by atoms with Gasteiger partial charge in [0.25, 0.3) is 5.91 Å². The number of ether oxygens (including phenoxy) is 1. The van der Waals surface area contributed by atoms with Crippen molar-refractivity contribution in [2.24, 2.45) is 7.05 Å². The molecule has 3 rings (SSSR count). The second-order valence-electron chi connectivity index (χ2n) is 6.03. The van der Waals surface area contributed by atoms with E-state index >= 15 is 0 Å². The van der Waals surface area contributed by atoms with Crippen molar-refractivity contribution in [1.82, 2.24) is 19.4 Å². The highest BCUT2D eigenvalue weighted by atomic mass is 16.5. The van der Waals surface area contributed by atoms with Gasteiger partial charge >= 0.3 is 0 Å². The summed E-state index contributed by atoms with van der Waals surface area (Å²) >= 11 is 0. The minimum absolute atomic E-state index is 0.155. The Balaban J connectivity index is 1.70. The first-order valence-corrected chi connectivity index (χ1v) is 7.74. The first-order valence-electron chi connectivity index (χ1n) is 7.74. The maximum absolute atomic E-state index is 12.6. The molecule has 0 aromatic carbocycles. The lowest BCUT2D eigenvalue weighted by Crippen LogP contribution is -2.52. The number of imidazole rings is 1. The average molecular weight is 292 g/mol. The van der Waals surface area contributed by atoms with Crippen LogP contribution in [0.4, 0.5) is 0 Å². The van der Waals surface area contributed by atoms with Crippen molar-refractivity contribution in [1.29, 1.82) is 0 Å². The molecule has 0 spiro atoms. The van der Waals surface area contributed by atoms with Gasteiger partial charge in [-0.05, 0) is 26.3 Å². The minimum atomic E-state index is -0.232. The lowest BCUT2D eigenvalue weighted by atomic mass is 10.1. The van der Waals surface area contributed by atoms with Crippen LogP contribution in [0.1, 0.15) is 31.1 Å². The molecule has 0 radical (unpaired) electrons. The Labute approximate surface area is 125 Å². The number of amides is 1. The van der Waals surface area contributed by atoms with Crippen LogP contribution in [0.5, 0.6) is 0 Å². The van der Waals surface area contributed by atoms with E-state index in [-0.39, 0.29) is 18.1 Å². The van der Waals surface area contributed by atoms with Gasteiger partial charge in [0.15, 0.2) is 0 Å². The summed E-state index contributed by atoms with van der Waals surface area (Å²) in [5.74, 6) is 1.17. The molecule has 3 heterocycles. The zero-order valence-corrected chi connectivity index (χ0v) is 12.9. The zero-order chi connectivity index (χ0) is 14.8. The molecule has 6 nitrogen and oxygen atoms in total. The largest absolute Gasteiger partial charge is 0.368 e. The first-order chi connectivity index (χ1) is 10.2. The Hall–Kier alpha value is -1.40. The van der Waals surface area contributed by atoms with Crippen molar-refractivity contribution >= 4 is 5.91 Å². The van der Waals surface area contributed by atoms with Crippen molar-refractivity contribution in [2.45, 2.75) is 31.4 Å². The van der Waals surface area contributed by atoms with E-state index < -0.39 is 0 Å². The lowest BCUT2D eigenvalue weighted by Gasteiger charge is -2.40. The van der Waals surface area contributed by atoms with Crippen LogP contribution in [0.25, 0.3) is 0 Å². The normalized spacial score (nSPS) is 27.8. The molecule has 0 saturated carbocycles. The summed E-state index contributed by atoms with van der Waals surface area (Å²) in [4.78, 5) is 21.3. The molecule has 1 amide bonds. The van der Waals surface area contributed by atoms with Gasteiger partial charge in [0.2, 0.25) is 0 Å². The number of piperazine rings is 1. The molecular formula is C15H24N4O2. The molecule has 6 heteroatoms. The van der Waals surface area contributed by atoms with Gasteiger partial charge in [-0.1, -0.05) is 0 Å². The Kier molecular flexibility index (Phi) is 4.26. The molecule has 0 N–H and O–H groups in total. The number of likely N-dealkylation sites (N-methyl/N-ethyl adjacent to an activating group) is 1. The molecule has 2 atom stereocenters. The number of aromatic nitrogens is 2.